The fraction of sp³-hybridized carbons (Fsp3) is 0. The van der Waals surface area contributed by atoms with Crippen molar-refractivity contribution in [3.8, 4) is 0 Å². The van der Waals surface area contributed by atoms with Gasteiger partial charge in [-0.1, -0.05) is 0 Å². The van der Waals surface area contributed by atoms with Crippen LogP contribution >= 0.6 is 0 Å². The van der Waals surface area contributed by atoms with Crippen LogP contribution in [0.3, 0.4) is 0 Å². The zero-order chi connectivity index (χ0) is 9.40. The average molecular weight is 166 g/mol. The molecule has 0 heterocycles. The van der Waals surface area contributed by atoms with Crippen molar-refractivity contribution >= 4 is 11.8 Å². The Bertz CT molecular complexity index is 286. The minimum absolute atomic E-state index is 0.705. The summed E-state index contributed by atoms with van der Waals surface area (Å²) in [4.78, 5) is 25.1. The molecule has 0 unspecified atom stereocenters. The zero-order valence-corrected chi connectivity index (χ0v) is 5.65. The largest absolute Gasteiger partial charge is 0.288 e. The van der Waals surface area contributed by atoms with E-state index in [1.54, 1.807) is 0 Å². The van der Waals surface area contributed by atoms with Crippen molar-refractivity contribution in [2.24, 2.45) is 10.2 Å². The van der Waals surface area contributed by atoms with Crippen molar-refractivity contribution in [3.63, 3.8) is 0 Å². The van der Waals surface area contributed by atoms with E-state index in [0.29, 0.717) is 12.2 Å². The quantitative estimate of drug-likeness (QED) is 0.264. The van der Waals surface area contributed by atoms with Gasteiger partial charge in [0.05, 0.1) is 0 Å². The Morgan fingerprint density at radius 3 is 1.58 bits per heavy atom. The lowest BCUT2D eigenvalue weighted by Crippen LogP contribution is -1.88. The lowest BCUT2D eigenvalue weighted by molar-refractivity contribution is -0.115. The van der Waals surface area contributed by atoms with Gasteiger partial charge in [0, 0.05) is 9.82 Å². The third kappa shape index (κ3) is 4.57. The zero-order valence-electron chi connectivity index (χ0n) is 5.65. The molecule has 0 radical (unpaired) electrons. The van der Waals surface area contributed by atoms with Gasteiger partial charge in [-0.2, -0.15) is 0 Å². The molecule has 8 nitrogen and oxygen atoms in total. The van der Waals surface area contributed by atoms with Crippen LogP contribution in [0.2, 0.25) is 0 Å². The van der Waals surface area contributed by atoms with Crippen LogP contribution in [0.4, 0.5) is 0 Å². The molecule has 0 rings (SSSR count). The van der Waals surface area contributed by atoms with Crippen molar-refractivity contribution in [3.05, 3.63) is 33.0 Å². The van der Waals surface area contributed by atoms with Crippen LogP contribution in [0.5, 0.6) is 0 Å². The van der Waals surface area contributed by atoms with Gasteiger partial charge in [0.25, 0.3) is 0 Å². The normalized spacial score (nSPS) is 8.33. The van der Waals surface area contributed by atoms with Crippen LogP contribution in [0, 0.1) is 0 Å². The third-order valence-corrected chi connectivity index (χ3v) is 0.655. The molecule has 0 N–H and O–H groups in total. The van der Waals surface area contributed by atoms with Crippen LogP contribution in [-0.4, -0.2) is 11.8 Å². The molecule has 0 fully saturated rings. The number of carbonyl (C=O) groups is 2. The molecule has 60 valence electrons. The predicted octanol–water partition coefficient (Wildman–Crippen LogP) is 1.22. The third-order valence-electron chi connectivity index (χ3n) is 0.655. The number of carbonyl (C=O) groups excluding carboxylic acids is 2. The molecule has 2 amide bonds. The molecule has 0 aliphatic carbocycles. The number of hydrogen-bond donors (Lipinski definition) is 0. The lowest BCUT2D eigenvalue weighted by atomic mass is 10.5. The summed E-state index contributed by atoms with van der Waals surface area (Å²) in [6.07, 6.45) is 1.41. The number of nitrogens with zero attached hydrogens (tertiary/aromatic N) is 6. The van der Waals surface area contributed by atoms with E-state index in [4.69, 9.17) is 11.1 Å². The Kier molecular flexibility index (Phi) is 4.43. The highest BCUT2D eigenvalue weighted by atomic mass is 16.2. The second-order valence-electron chi connectivity index (χ2n) is 1.39. The minimum atomic E-state index is -0.931. The summed E-state index contributed by atoms with van der Waals surface area (Å²) in [7, 11) is 0. The molecule has 8 heteroatoms. The average Bonchev–Trinajstić information content (AvgIpc) is 2.02. The van der Waals surface area contributed by atoms with E-state index in [2.05, 4.69) is 20.1 Å². The molecule has 0 atom stereocenters. The first-order valence-corrected chi connectivity index (χ1v) is 2.57. The van der Waals surface area contributed by atoms with Crippen molar-refractivity contribution in [1.82, 2.24) is 0 Å². The predicted molar refractivity (Wildman–Crippen MR) is 37.4 cm³/mol. The minimum Gasteiger partial charge on any atom is -0.288 e. The Hall–Kier alpha value is -2.30. The van der Waals surface area contributed by atoms with E-state index < -0.39 is 11.8 Å². The SMILES string of the molecule is [N-]=[N+]=NC(=O)/C=C\C(=O)N=[N+]=[N-]. The van der Waals surface area contributed by atoms with Gasteiger partial charge < -0.3 is 0 Å². The first-order valence-electron chi connectivity index (χ1n) is 2.57. The maximum atomic E-state index is 10.4. The molecule has 0 saturated carbocycles. The maximum absolute atomic E-state index is 10.4. The van der Waals surface area contributed by atoms with E-state index in [-0.39, 0.29) is 0 Å². The van der Waals surface area contributed by atoms with Crippen molar-refractivity contribution in [2.45, 2.75) is 0 Å². The van der Waals surface area contributed by atoms with Gasteiger partial charge in [-0.25, -0.2) is 0 Å². The van der Waals surface area contributed by atoms with E-state index in [9.17, 15) is 9.59 Å². The molecule has 0 bridgehead atoms. The maximum Gasteiger partial charge on any atom is 0.242 e. The van der Waals surface area contributed by atoms with Crippen molar-refractivity contribution in [1.29, 1.82) is 0 Å². The summed E-state index contributed by atoms with van der Waals surface area (Å²) in [5.41, 5.74) is 15.5. The molecule has 0 spiro atoms. The fourth-order valence-electron chi connectivity index (χ4n) is 0.297. The lowest BCUT2D eigenvalue weighted by Gasteiger charge is -1.76. The highest BCUT2D eigenvalue weighted by molar-refractivity contribution is 5.97. The van der Waals surface area contributed by atoms with E-state index in [1.807, 2.05) is 0 Å². The Balaban J connectivity index is 4.25. The van der Waals surface area contributed by atoms with Crippen LogP contribution in [0.1, 0.15) is 0 Å². The first kappa shape index (κ1) is 9.70. The molecule has 0 saturated heterocycles. The van der Waals surface area contributed by atoms with Gasteiger partial charge in [-0.05, 0) is 33.4 Å². The van der Waals surface area contributed by atoms with E-state index in [0.717, 1.165) is 0 Å². The summed E-state index contributed by atoms with van der Waals surface area (Å²) >= 11 is 0. The first-order chi connectivity index (χ1) is 5.70. The standard InChI is InChI=1S/C4H2N6O2/c5-9-7-3(11)1-2-4(12)8-10-6/h1-2H/b2-1-. The topological polar surface area (TPSA) is 132 Å². The van der Waals surface area contributed by atoms with Crippen LogP contribution in [-0.2, 0) is 9.59 Å². The van der Waals surface area contributed by atoms with Gasteiger partial charge >= 0.3 is 0 Å². The number of azide groups is 2. The molecule has 0 aliphatic rings. The molecular formula is C4H2N6O2. The summed E-state index contributed by atoms with van der Waals surface area (Å²) in [6.45, 7) is 0. The molecule has 0 aromatic heterocycles. The summed E-state index contributed by atoms with van der Waals surface area (Å²) in [6, 6.07) is 0. The second kappa shape index (κ2) is 5.48. The van der Waals surface area contributed by atoms with Gasteiger partial charge in [0.1, 0.15) is 0 Å². The fourth-order valence-corrected chi connectivity index (χ4v) is 0.297. The van der Waals surface area contributed by atoms with Gasteiger partial charge in [-0.3, -0.25) is 9.59 Å². The molecule has 0 aromatic carbocycles. The molecule has 12 heavy (non-hydrogen) atoms. The number of amides is 2. The Morgan fingerprint density at radius 1 is 1.00 bits per heavy atom. The van der Waals surface area contributed by atoms with Gasteiger partial charge in [-0.15, -0.1) is 0 Å². The Labute approximate surface area is 65.7 Å². The van der Waals surface area contributed by atoms with Crippen LogP contribution < -0.4 is 0 Å². The summed E-state index contributed by atoms with van der Waals surface area (Å²) < 4.78 is 0. The van der Waals surface area contributed by atoms with Crippen molar-refractivity contribution in [2.75, 3.05) is 0 Å². The van der Waals surface area contributed by atoms with E-state index >= 15 is 0 Å². The summed E-state index contributed by atoms with van der Waals surface area (Å²) in [5, 5.41) is 5.25. The highest BCUT2D eigenvalue weighted by Gasteiger charge is 1.92. The Morgan fingerprint density at radius 2 is 1.33 bits per heavy atom. The van der Waals surface area contributed by atoms with Crippen molar-refractivity contribution < 1.29 is 9.59 Å². The molecular weight excluding hydrogens is 164 g/mol. The van der Waals surface area contributed by atoms with Crippen LogP contribution in [0.25, 0.3) is 20.9 Å². The van der Waals surface area contributed by atoms with Gasteiger partial charge in [0.15, 0.2) is 0 Å². The summed E-state index contributed by atoms with van der Waals surface area (Å²) in [5.74, 6) is -1.86. The smallest absolute Gasteiger partial charge is 0.242 e. The number of hydrogen-bond acceptors (Lipinski definition) is 2. The second-order valence-corrected chi connectivity index (χ2v) is 1.39. The highest BCUT2D eigenvalue weighted by Crippen LogP contribution is 1.83. The van der Waals surface area contributed by atoms with Crippen LogP contribution in [0.15, 0.2) is 22.4 Å². The molecule has 0 aliphatic heterocycles. The van der Waals surface area contributed by atoms with Gasteiger partial charge in [0.2, 0.25) is 11.8 Å². The number of rotatable bonds is 2. The molecule has 0 aromatic rings. The monoisotopic (exact) mass is 166 g/mol. The van der Waals surface area contributed by atoms with E-state index in [1.165, 1.54) is 0 Å².